The predicted octanol–water partition coefficient (Wildman–Crippen LogP) is 3.66. The summed E-state index contributed by atoms with van der Waals surface area (Å²) in [4.78, 5) is 16.3. The molecule has 0 atom stereocenters. The van der Waals surface area contributed by atoms with Gasteiger partial charge in [0.05, 0.1) is 17.5 Å². The van der Waals surface area contributed by atoms with Crippen molar-refractivity contribution in [2.75, 3.05) is 5.43 Å². The van der Waals surface area contributed by atoms with Crippen molar-refractivity contribution in [3.05, 3.63) is 64.4 Å². The highest BCUT2D eigenvalue weighted by atomic mass is 35.5. The number of benzene rings is 2. The SMILES string of the molecule is O=C(Cc1ccc(Cl)cc1Cl)Nn1cnc2ccccc21. The zero-order valence-corrected chi connectivity index (χ0v) is 12.4. The van der Waals surface area contributed by atoms with Crippen LogP contribution in [-0.2, 0) is 11.2 Å². The largest absolute Gasteiger partial charge is 0.273 e. The van der Waals surface area contributed by atoms with E-state index in [2.05, 4.69) is 10.4 Å². The van der Waals surface area contributed by atoms with E-state index in [0.717, 1.165) is 16.6 Å². The first-order valence-electron chi connectivity index (χ1n) is 6.29. The van der Waals surface area contributed by atoms with Crippen molar-refractivity contribution in [3.8, 4) is 0 Å². The number of fused-ring (bicyclic) bond motifs is 1. The van der Waals surface area contributed by atoms with Gasteiger partial charge in [0.15, 0.2) is 0 Å². The fourth-order valence-electron chi connectivity index (χ4n) is 2.06. The first-order valence-corrected chi connectivity index (χ1v) is 7.05. The van der Waals surface area contributed by atoms with E-state index < -0.39 is 0 Å². The zero-order valence-electron chi connectivity index (χ0n) is 10.9. The summed E-state index contributed by atoms with van der Waals surface area (Å²) in [7, 11) is 0. The number of nitrogens with one attached hydrogen (secondary N) is 1. The Balaban J connectivity index is 1.77. The molecule has 106 valence electrons. The predicted molar refractivity (Wildman–Crippen MR) is 84.3 cm³/mol. The average molecular weight is 320 g/mol. The number of amides is 1. The van der Waals surface area contributed by atoms with Gasteiger partial charge in [-0.3, -0.25) is 10.2 Å². The van der Waals surface area contributed by atoms with Crippen molar-refractivity contribution in [3.63, 3.8) is 0 Å². The maximum Gasteiger partial charge on any atom is 0.243 e. The molecule has 0 aliphatic rings. The number of imidazole rings is 1. The minimum atomic E-state index is -0.178. The van der Waals surface area contributed by atoms with Gasteiger partial charge < -0.3 is 0 Å². The maximum absolute atomic E-state index is 12.1. The van der Waals surface area contributed by atoms with E-state index in [1.807, 2.05) is 24.3 Å². The molecule has 0 radical (unpaired) electrons. The molecule has 0 saturated heterocycles. The molecule has 0 unspecified atom stereocenters. The molecule has 2 aromatic carbocycles. The van der Waals surface area contributed by atoms with Crippen molar-refractivity contribution >= 4 is 40.1 Å². The molecule has 3 rings (SSSR count). The Labute approximate surface area is 131 Å². The van der Waals surface area contributed by atoms with E-state index in [9.17, 15) is 4.79 Å². The summed E-state index contributed by atoms with van der Waals surface area (Å²) in [5.74, 6) is -0.178. The summed E-state index contributed by atoms with van der Waals surface area (Å²) in [6, 6.07) is 12.6. The first-order chi connectivity index (χ1) is 10.1. The van der Waals surface area contributed by atoms with Crippen molar-refractivity contribution in [1.29, 1.82) is 0 Å². The normalized spacial score (nSPS) is 10.8. The van der Waals surface area contributed by atoms with Crippen LogP contribution in [0.1, 0.15) is 5.56 Å². The van der Waals surface area contributed by atoms with Crippen molar-refractivity contribution < 1.29 is 4.79 Å². The fourth-order valence-corrected chi connectivity index (χ4v) is 2.54. The van der Waals surface area contributed by atoms with Crippen LogP contribution in [0.4, 0.5) is 0 Å². The molecule has 21 heavy (non-hydrogen) atoms. The molecular weight excluding hydrogens is 309 g/mol. The number of halogens is 2. The van der Waals surface area contributed by atoms with Gasteiger partial charge in [-0.25, -0.2) is 9.66 Å². The minimum Gasteiger partial charge on any atom is -0.273 e. The first kappa shape index (κ1) is 13.9. The summed E-state index contributed by atoms with van der Waals surface area (Å²) in [5, 5.41) is 1.03. The van der Waals surface area contributed by atoms with Crippen LogP contribution in [0.2, 0.25) is 10.0 Å². The Hall–Kier alpha value is -2.04. The van der Waals surface area contributed by atoms with Crippen LogP contribution in [-0.4, -0.2) is 15.6 Å². The van der Waals surface area contributed by atoms with E-state index >= 15 is 0 Å². The zero-order chi connectivity index (χ0) is 14.8. The van der Waals surface area contributed by atoms with Crippen LogP contribution >= 0.6 is 23.2 Å². The van der Waals surface area contributed by atoms with Gasteiger partial charge in [0.1, 0.15) is 6.33 Å². The summed E-state index contributed by atoms with van der Waals surface area (Å²) in [6.07, 6.45) is 1.74. The lowest BCUT2D eigenvalue weighted by atomic mass is 10.1. The lowest BCUT2D eigenvalue weighted by Gasteiger charge is -2.08. The van der Waals surface area contributed by atoms with Crippen LogP contribution in [0.15, 0.2) is 48.8 Å². The van der Waals surface area contributed by atoms with Crippen LogP contribution in [0.25, 0.3) is 11.0 Å². The van der Waals surface area contributed by atoms with Gasteiger partial charge in [-0.1, -0.05) is 41.4 Å². The van der Waals surface area contributed by atoms with Gasteiger partial charge >= 0.3 is 0 Å². The minimum absolute atomic E-state index is 0.169. The Kier molecular flexibility index (Phi) is 3.82. The molecule has 0 spiro atoms. The van der Waals surface area contributed by atoms with E-state index in [-0.39, 0.29) is 12.3 Å². The molecule has 0 fully saturated rings. The maximum atomic E-state index is 12.1. The highest BCUT2D eigenvalue weighted by Crippen LogP contribution is 2.21. The topological polar surface area (TPSA) is 46.9 Å². The number of carbonyl (C=O) groups is 1. The third kappa shape index (κ3) is 3.01. The molecule has 0 aliphatic carbocycles. The molecule has 1 heterocycles. The van der Waals surface area contributed by atoms with Crippen molar-refractivity contribution in [2.45, 2.75) is 6.42 Å². The van der Waals surface area contributed by atoms with Gasteiger partial charge in [-0.2, -0.15) is 0 Å². The highest BCUT2D eigenvalue weighted by Gasteiger charge is 2.09. The molecule has 3 aromatic rings. The number of rotatable bonds is 3. The number of hydrogen-bond donors (Lipinski definition) is 1. The second-order valence-corrected chi connectivity index (χ2v) is 5.39. The van der Waals surface area contributed by atoms with Crippen LogP contribution in [0, 0.1) is 0 Å². The molecule has 1 aromatic heterocycles. The van der Waals surface area contributed by atoms with E-state index in [4.69, 9.17) is 23.2 Å². The lowest BCUT2D eigenvalue weighted by Crippen LogP contribution is -2.23. The van der Waals surface area contributed by atoms with Crippen LogP contribution in [0.3, 0.4) is 0 Å². The second kappa shape index (κ2) is 5.76. The Bertz CT molecular complexity index is 814. The van der Waals surface area contributed by atoms with Gasteiger partial charge in [0.25, 0.3) is 0 Å². The number of hydrogen-bond acceptors (Lipinski definition) is 2. The molecule has 1 amide bonds. The van der Waals surface area contributed by atoms with E-state index in [0.29, 0.717) is 10.0 Å². The monoisotopic (exact) mass is 319 g/mol. The lowest BCUT2D eigenvalue weighted by molar-refractivity contribution is -0.116. The molecule has 4 nitrogen and oxygen atoms in total. The standard InChI is InChI=1S/C15H11Cl2N3O/c16-11-6-5-10(12(17)8-11)7-15(21)19-20-9-18-13-3-1-2-4-14(13)20/h1-6,8-9H,7H2,(H,19,21). The van der Waals surface area contributed by atoms with Gasteiger partial charge in [0, 0.05) is 10.0 Å². The number of carbonyl (C=O) groups excluding carboxylic acids is 1. The molecular formula is C15H11Cl2N3O. The second-order valence-electron chi connectivity index (χ2n) is 4.55. The fraction of sp³-hybridized carbons (Fsp3) is 0.0667. The van der Waals surface area contributed by atoms with E-state index in [1.54, 1.807) is 29.2 Å². The summed E-state index contributed by atoms with van der Waals surface area (Å²) in [6.45, 7) is 0. The summed E-state index contributed by atoms with van der Waals surface area (Å²) >= 11 is 11.9. The number of para-hydroxylation sites is 2. The molecule has 0 bridgehead atoms. The quantitative estimate of drug-likeness (QED) is 0.800. The van der Waals surface area contributed by atoms with Gasteiger partial charge in [-0.05, 0) is 29.8 Å². The Morgan fingerprint density at radius 1 is 1.19 bits per heavy atom. The molecule has 0 aliphatic heterocycles. The smallest absolute Gasteiger partial charge is 0.243 e. The van der Waals surface area contributed by atoms with Crippen molar-refractivity contribution in [2.24, 2.45) is 0 Å². The van der Waals surface area contributed by atoms with Gasteiger partial charge in [-0.15, -0.1) is 0 Å². The highest BCUT2D eigenvalue weighted by molar-refractivity contribution is 6.35. The Morgan fingerprint density at radius 3 is 2.81 bits per heavy atom. The summed E-state index contributed by atoms with van der Waals surface area (Å²) in [5.41, 5.74) is 5.17. The van der Waals surface area contributed by atoms with Gasteiger partial charge in [0.2, 0.25) is 5.91 Å². The van der Waals surface area contributed by atoms with Crippen molar-refractivity contribution in [1.82, 2.24) is 9.66 Å². The van der Waals surface area contributed by atoms with Crippen LogP contribution in [0.5, 0.6) is 0 Å². The number of aromatic nitrogens is 2. The third-order valence-corrected chi connectivity index (χ3v) is 3.65. The van der Waals surface area contributed by atoms with E-state index in [1.165, 1.54) is 0 Å². The average Bonchev–Trinajstić information content (AvgIpc) is 2.85. The number of nitrogens with zero attached hydrogens (tertiary/aromatic N) is 2. The van der Waals surface area contributed by atoms with Crippen LogP contribution < -0.4 is 5.43 Å². The third-order valence-electron chi connectivity index (χ3n) is 3.06. The Morgan fingerprint density at radius 2 is 2.00 bits per heavy atom. The molecule has 1 N–H and O–H groups in total. The summed E-state index contributed by atoms with van der Waals surface area (Å²) < 4.78 is 1.60. The molecule has 0 saturated carbocycles. The molecule has 6 heteroatoms.